The summed E-state index contributed by atoms with van der Waals surface area (Å²) < 4.78 is 0. The highest BCUT2D eigenvalue weighted by Gasteiger charge is 2.14. The van der Waals surface area contributed by atoms with Crippen molar-refractivity contribution in [1.29, 1.82) is 0 Å². The number of carbonyl (C=O) groups is 1. The number of rotatable bonds is 5. The fourth-order valence-corrected chi connectivity index (χ4v) is 1.55. The van der Waals surface area contributed by atoms with Crippen LogP contribution < -0.4 is 11.1 Å². The van der Waals surface area contributed by atoms with Crippen LogP contribution in [0.25, 0.3) is 0 Å². The Hall–Kier alpha value is -1.55. The Kier molecular flexibility index (Phi) is 4.97. The molecule has 0 saturated heterocycles. The van der Waals surface area contributed by atoms with Gasteiger partial charge in [0.2, 0.25) is 5.91 Å². The summed E-state index contributed by atoms with van der Waals surface area (Å²) in [4.78, 5) is 11.7. The minimum Gasteiger partial charge on any atom is -0.508 e. The normalized spacial score (nSPS) is 12.5. The molecule has 1 atom stereocenters. The molecule has 1 rings (SSSR count). The fraction of sp³-hybridized carbons (Fsp3) is 0.462. The van der Waals surface area contributed by atoms with Gasteiger partial charge in [-0.15, -0.1) is 0 Å². The highest BCUT2D eigenvalue weighted by atomic mass is 16.3. The third-order valence-electron chi connectivity index (χ3n) is 2.71. The van der Waals surface area contributed by atoms with Gasteiger partial charge in [0.05, 0.1) is 6.42 Å². The van der Waals surface area contributed by atoms with Crippen LogP contribution in [0.4, 0.5) is 0 Å². The van der Waals surface area contributed by atoms with Crippen molar-refractivity contribution in [3.05, 3.63) is 29.8 Å². The largest absolute Gasteiger partial charge is 0.508 e. The van der Waals surface area contributed by atoms with Gasteiger partial charge in [0.15, 0.2) is 0 Å². The summed E-state index contributed by atoms with van der Waals surface area (Å²) in [7, 11) is 0. The molecule has 0 aliphatic heterocycles. The molecule has 0 spiro atoms. The van der Waals surface area contributed by atoms with Gasteiger partial charge in [0, 0.05) is 12.6 Å². The monoisotopic (exact) mass is 236 g/mol. The van der Waals surface area contributed by atoms with Crippen LogP contribution in [0.3, 0.4) is 0 Å². The Balaban J connectivity index is 2.52. The van der Waals surface area contributed by atoms with Crippen molar-refractivity contribution in [1.82, 2.24) is 5.32 Å². The van der Waals surface area contributed by atoms with E-state index >= 15 is 0 Å². The summed E-state index contributed by atoms with van der Waals surface area (Å²) in [6, 6.07) is 6.64. The lowest BCUT2D eigenvalue weighted by molar-refractivity contribution is -0.121. The maximum Gasteiger partial charge on any atom is 0.224 e. The van der Waals surface area contributed by atoms with Gasteiger partial charge in [-0.25, -0.2) is 0 Å². The van der Waals surface area contributed by atoms with Crippen LogP contribution in [0.2, 0.25) is 0 Å². The van der Waals surface area contributed by atoms with Crippen molar-refractivity contribution in [3.8, 4) is 5.75 Å². The van der Waals surface area contributed by atoms with E-state index in [4.69, 9.17) is 10.8 Å². The van der Waals surface area contributed by atoms with Crippen LogP contribution in [0.1, 0.15) is 19.4 Å². The minimum atomic E-state index is -0.0418. The Labute approximate surface area is 102 Å². The lowest BCUT2D eigenvalue weighted by Crippen LogP contribution is -2.44. The molecule has 1 amide bonds. The van der Waals surface area contributed by atoms with E-state index in [1.165, 1.54) is 0 Å². The summed E-state index contributed by atoms with van der Waals surface area (Å²) in [5, 5.41) is 12.0. The molecule has 0 heterocycles. The number of phenols is 1. The molecule has 4 nitrogen and oxygen atoms in total. The first-order chi connectivity index (χ1) is 8.02. The Morgan fingerprint density at radius 3 is 2.41 bits per heavy atom. The molecule has 0 aliphatic rings. The molecular formula is C13H20N2O2. The van der Waals surface area contributed by atoms with Gasteiger partial charge in [0.25, 0.3) is 0 Å². The number of hydrogen-bond donors (Lipinski definition) is 3. The lowest BCUT2D eigenvalue weighted by atomic mass is 10.0. The number of amides is 1. The van der Waals surface area contributed by atoms with Crippen LogP contribution in [0.5, 0.6) is 5.75 Å². The Morgan fingerprint density at radius 2 is 1.94 bits per heavy atom. The number of nitrogens with one attached hydrogen (secondary N) is 1. The van der Waals surface area contributed by atoms with Crippen molar-refractivity contribution in [2.75, 3.05) is 6.54 Å². The molecule has 0 radical (unpaired) electrons. The van der Waals surface area contributed by atoms with E-state index in [2.05, 4.69) is 5.32 Å². The van der Waals surface area contributed by atoms with Gasteiger partial charge < -0.3 is 16.2 Å². The van der Waals surface area contributed by atoms with E-state index in [-0.39, 0.29) is 17.7 Å². The zero-order chi connectivity index (χ0) is 12.8. The molecule has 0 saturated carbocycles. The SMILES string of the molecule is CC(C)C(CN)NC(=O)Cc1ccc(O)cc1. The molecule has 17 heavy (non-hydrogen) atoms. The van der Waals surface area contributed by atoms with Crippen LogP contribution in [-0.4, -0.2) is 23.6 Å². The first kappa shape index (κ1) is 13.5. The lowest BCUT2D eigenvalue weighted by Gasteiger charge is -2.20. The molecule has 0 aliphatic carbocycles. The molecule has 0 aromatic heterocycles. The maximum atomic E-state index is 11.7. The number of benzene rings is 1. The smallest absolute Gasteiger partial charge is 0.224 e. The number of carbonyl (C=O) groups excluding carboxylic acids is 1. The van der Waals surface area contributed by atoms with Gasteiger partial charge in [-0.1, -0.05) is 26.0 Å². The third kappa shape index (κ3) is 4.44. The highest BCUT2D eigenvalue weighted by molar-refractivity contribution is 5.78. The molecule has 1 aromatic rings. The van der Waals surface area contributed by atoms with Crippen LogP contribution in [-0.2, 0) is 11.2 Å². The van der Waals surface area contributed by atoms with Gasteiger partial charge in [-0.2, -0.15) is 0 Å². The average molecular weight is 236 g/mol. The molecule has 1 unspecified atom stereocenters. The predicted octanol–water partition coefficient (Wildman–Crippen LogP) is 1.03. The second-order valence-corrected chi connectivity index (χ2v) is 4.50. The second-order valence-electron chi connectivity index (χ2n) is 4.50. The van der Waals surface area contributed by atoms with Gasteiger partial charge in [0.1, 0.15) is 5.75 Å². The van der Waals surface area contributed by atoms with Crippen molar-refractivity contribution in [3.63, 3.8) is 0 Å². The zero-order valence-corrected chi connectivity index (χ0v) is 10.3. The minimum absolute atomic E-state index is 0.0135. The first-order valence-corrected chi connectivity index (χ1v) is 5.80. The third-order valence-corrected chi connectivity index (χ3v) is 2.71. The number of hydrogen-bond acceptors (Lipinski definition) is 3. The molecule has 0 bridgehead atoms. The number of nitrogens with two attached hydrogens (primary N) is 1. The molecule has 0 fully saturated rings. The van der Waals surface area contributed by atoms with Crippen LogP contribution in [0.15, 0.2) is 24.3 Å². The van der Waals surface area contributed by atoms with Crippen molar-refractivity contribution >= 4 is 5.91 Å². The highest BCUT2D eigenvalue weighted by Crippen LogP contribution is 2.10. The quantitative estimate of drug-likeness (QED) is 0.715. The fourth-order valence-electron chi connectivity index (χ4n) is 1.55. The second kappa shape index (κ2) is 6.25. The van der Waals surface area contributed by atoms with Gasteiger partial charge in [-0.3, -0.25) is 4.79 Å². The van der Waals surface area contributed by atoms with Crippen LogP contribution in [0, 0.1) is 5.92 Å². The van der Waals surface area contributed by atoms with E-state index in [1.54, 1.807) is 24.3 Å². The molecule has 94 valence electrons. The van der Waals surface area contributed by atoms with Gasteiger partial charge in [-0.05, 0) is 23.6 Å². The Bertz CT molecular complexity index is 360. The van der Waals surface area contributed by atoms with E-state index < -0.39 is 0 Å². The molecule has 4 heteroatoms. The van der Waals surface area contributed by atoms with Gasteiger partial charge >= 0.3 is 0 Å². The maximum absolute atomic E-state index is 11.7. The van der Waals surface area contributed by atoms with E-state index in [9.17, 15) is 4.79 Å². The zero-order valence-electron chi connectivity index (χ0n) is 10.3. The first-order valence-electron chi connectivity index (χ1n) is 5.80. The average Bonchev–Trinajstić information content (AvgIpc) is 2.28. The number of aromatic hydroxyl groups is 1. The summed E-state index contributed by atoms with van der Waals surface area (Å²) >= 11 is 0. The van der Waals surface area contributed by atoms with Crippen molar-refractivity contribution in [2.24, 2.45) is 11.7 Å². The number of phenolic OH excluding ortho intramolecular Hbond substituents is 1. The summed E-state index contributed by atoms with van der Waals surface area (Å²) in [6.45, 7) is 4.50. The van der Waals surface area contributed by atoms with E-state index in [0.717, 1.165) is 5.56 Å². The molecular weight excluding hydrogens is 216 g/mol. The van der Waals surface area contributed by atoms with Crippen molar-refractivity contribution in [2.45, 2.75) is 26.3 Å². The molecule has 1 aromatic carbocycles. The summed E-state index contributed by atoms with van der Waals surface area (Å²) in [6.07, 6.45) is 0.309. The summed E-state index contributed by atoms with van der Waals surface area (Å²) in [5.74, 6) is 0.486. The van der Waals surface area contributed by atoms with Crippen LogP contribution >= 0.6 is 0 Å². The summed E-state index contributed by atoms with van der Waals surface area (Å²) in [5.41, 5.74) is 6.46. The van der Waals surface area contributed by atoms with E-state index in [0.29, 0.717) is 18.9 Å². The topological polar surface area (TPSA) is 75.3 Å². The Morgan fingerprint density at radius 1 is 1.35 bits per heavy atom. The standard InChI is InChI=1S/C13H20N2O2/c1-9(2)12(8-14)15-13(17)7-10-3-5-11(16)6-4-10/h3-6,9,12,16H,7-8,14H2,1-2H3,(H,15,17). The predicted molar refractivity (Wildman–Crippen MR) is 67.6 cm³/mol. The van der Waals surface area contributed by atoms with E-state index in [1.807, 2.05) is 13.8 Å². The molecule has 4 N–H and O–H groups in total. The van der Waals surface area contributed by atoms with Crippen molar-refractivity contribution < 1.29 is 9.90 Å².